The second kappa shape index (κ2) is 11.3. The van der Waals surface area contributed by atoms with E-state index in [0.29, 0.717) is 22.9 Å². The average molecular weight is 581 g/mol. The highest BCUT2D eigenvalue weighted by molar-refractivity contribution is 6.08. The number of hydrogen-bond acceptors (Lipinski definition) is 4. The van der Waals surface area contributed by atoms with E-state index in [1.165, 1.54) is 0 Å². The molecular formula is C40H28N4O. The van der Waals surface area contributed by atoms with Gasteiger partial charge in [-0.3, -0.25) is 9.36 Å². The molecule has 2 aromatic heterocycles. The number of fused-ring (bicyclic) bond motifs is 3. The van der Waals surface area contributed by atoms with Gasteiger partial charge in [0, 0.05) is 27.6 Å². The normalized spacial score (nSPS) is 13.1. The predicted molar refractivity (Wildman–Crippen MR) is 183 cm³/mol. The lowest BCUT2D eigenvalue weighted by atomic mass is 9.98. The lowest BCUT2D eigenvalue weighted by Gasteiger charge is -2.19. The third-order valence-electron chi connectivity index (χ3n) is 8.33. The molecule has 45 heavy (non-hydrogen) atoms. The van der Waals surface area contributed by atoms with Crippen molar-refractivity contribution in [3.05, 3.63) is 162 Å². The molecule has 0 saturated carbocycles. The molecular weight excluding hydrogens is 552 g/mol. The summed E-state index contributed by atoms with van der Waals surface area (Å²) in [7, 11) is 0. The van der Waals surface area contributed by atoms with Gasteiger partial charge in [0.1, 0.15) is 0 Å². The minimum atomic E-state index is -0.0418. The Bertz CT molecular complexity index is 2270. The van der Waals surface area contributed by atoms with Gasteiger partial charge in [0.25, 0.3) is 5.56 Å². The van der Waals surface area contributed by atoms with E-state index in [1.807, 2.05) is 108 Å². The zero-order chi connectivity index (χ0) is 30.2. The Labute approximate surface area is 260 Å². The minimum absolute atomic E-state index is 0.0418. The largest absolute Gasteiger partial charge is 0.277 e. The van der Waals surface area contributed by atoms with Crippen LogP contribution in [0.2, 0.25) is 0 Å². The monoisotopic (exact) mass is 580 g/mol. The first-order chi connectivity index (χ1) is 22.2. The van der Waals surface area contributed by atoms with Crippen LogP contribution in [0.5, 0.6) is 0 Å². The van der Waals surface area contributed by atoms with Crippen LogP contribution in [0.3, 0.4) is 0 Å². The van der Waals surface area contributed by atoms with E-state index in [0.717, 1.165) is 62.7 Å². The fourth-order valence-corrected chi connectivity index (χ4v) is 6.12. The highest BCUT2D eigenvalue weighted by atomic mass is 16.1. The summed E-state index contributed by atoms with van der Waals surface area (Å²) in [4.78, 5) is 28.9. The van der Waals surface area contributed by atoms with Gasteiger partial charge in [-0.25, -0.2) is 15.0 Å². The molecule has 2 heterocycles. The van der Waals surface area contributed by atoms with Crippen LogP contribution in [0.1, 0.15) is 18.7 Å². The molecule has 0 amide bonds. The number of allylic oxidation sites excluding steroid dienone is 4. The van der Waals surface area contributed by atoms with Crippen molar-refractivity contribution in [2.45, 2.75) is 12.8 Å². The van der Waals surface area contributed by atoms with E-state index in [2.05, 4.69) is 42.5 Å². The molecule has 1 aliphatic rings. The van der Waals surface area contributed by atoms with Gasteiger partial charge in [0.05, 0.1) is 5.52 Å². The topological polar surface area (TPSA) is 60.7 Å². The molecule has 5 nitrogen and oxygen atoms in total. The smallest absolute Gasteiger partial charge is 0.263 e. The fraction of sp³-hybridized carbons (Fsp3) is 0.0500. The van der Waals surface area contributed by atoms with Crippen LogP contribution >= 0.6 is 0 Å². The summed E-state index contributed by atoms with van der Waals surface area (Å²) in [6.07, 6.45) is 5.73. The third-order valence-corrected chi connectivity index (χ3v) is 8.33. The standard InChI is InChI=1S/C40H28N4O/c45-40-34-22-11-10-21-33(34)35-26-30(27-13-4-1-5-14-27)23-24-36(35)44(40)32-20-12-19-31(25-32)39-42-37(28-15-6-2-7-16-28)41-38(43-39)29-17-8-3-9-18-29/h1-11,13-18,20-26H,12,19H2. The van der Waals surface area contributed by atoms with Gasteiger partial charge in [0.15, 0.2) is 17.5 Å². The van der Waals surface area contributed by atoms with E-state index < -0.39 is 0 Å². The molecule has 0 aliphatic heterocycles. The zero-order valence-corrected chi connectivity index (χ0v) is 24.5. The second-order valence-corrected chi connectivity index (χ2v) is 11.2. The molecule has 0 unspecified atom stereocenters. The fourth-order valence-electron chi connectivity index (χ4n) is 6.12. The van der Waals surface area contributed by atoms with Gasteiger partial charge in [0.2, 0.25) is 0 Å². The SMILES string of the molecule is O=c1c2ccccc2c2cc(-c3ccccc3)ccc2n1C1=CCCC(c2nc(-c3ccccc3)nc(-c3ccccc3)n2)=C1. The highest BCUT2D eigenvalue weighted by Gasteiger charge is 2.19. The van der Waals surface area contributed by atoms with Gasteiger partial charge >= 0.3 is 0 Å². The minimum Gasteiger partial charge on any atom is -0.277 e. The molecule has 8 rings (SSSR count). The first-order valence-electron chi connectivity index (χ1n) is 15.1. The lowest BCUT2D eigenvalue weighted by molar-refractivity contribution is 0.964. The van der Waals surface area contributed by atoms with E-state index >= 15 is 0 Å². The molecule has 0 N–H and O–H groups in total. The van der Waals surface area contributed by atoms with Crippen LogP contribution in [0.15, 0.2) is 150 Å². The number of nitrogens with zero attached hydrogens (tertiary/aromatic N) is 4. The molecule has 0 radical (unpaired) electrons. The molecule has 0 spiro atoms. The summed E-state index contributed by atoms with van der Waals surface area (Å²) < 4.78 is 1.85. The summed E-state index contributed by atoms with van der Waals surface area (Å²) >= 11 is 0. The first kappa shape index (κ1) is 26.7. The Morgan fingerprint density at radius 3 is 1.71 bits per heavy atom. The quantitative estimate of drug-likeness (QED) is 0.191. The third kappa shape index (κ3) is 4.94. The molecule has 5 aromatic carbocycles. The molecule has 0 atom stereocenters. The number of benzene rings is 5. The molecule has 0 saturated heterocycles. The van der Waals surface area contributed by atoms with Crippen LogP contribution < -0.4 is 5.56 Å². The number of aromatic nitrogens is 4. The van der Waals surface area contributed by atoms with Crippen LogP contribution in [-0.4, -0.2) is 19.5 Å². The maximum atomic E-state index is 14.2. The van der Waals surface area contributed by atoms with Gasteiger partial charge < -0.3 is 0 Å². The van der Waals surface area contributed by atoms with E-state index in [9.17, 15) is 4.79 Å². The molecule has 214 valence electrons. The lowest BCUT2D eigenvalue weighted by Crippen LogP contribution is -2.20. The summed E-state index contributed by atoms with van der Waals surface area (Å²) in [6, 6.07) is 44.6. The Morgan fingerprint density at radius 1 is 0.511 bits per heavy atom. The average Bonchev–Trinajstić information content (AvgIpc) is 3.13. The van der Waals surface area contributed by atoms with Gasteiger partial charge in [-0.2, -0.15) is 0 Å². The van der Waals surface area contributed by atoms with Gasteiger partial charge in [-0.1, -0.05) is 121 Å². The second-order valence-electron chi connectivity index (χ2n) is 11.2. The highest BCUT2D eigenvalue weighted by Crippen LogP contribution is 2.33. The van der Waals surface area contributed by atoms with Crippen LogP contribution in [0.25, 0.3) is 66.8 Å². The van der Waals surface area contributed by atoms with E-state index in [1.54, 1.807) is 0 Å². The number of pyridine rings is 1. The molecule has 5 heteroatoms. The molecule has 0 fully saturated rings. The predicted octanol–water partition coefficient (Wildman–Crippen LogP) is 9.06. The Hall–Kier alpha value is -5.94. The van der Waals surface area contributed by atoms with Gasteiger partial charge in [-0.15, -0.1) is 0 Å². The maximum Gasteiger partial charge on any atom is 0.263 e. The summed E-state index contributed by atoms with van der Waals surface area (Å²) in [5.74, 6) is 1.87. The van der Waals surface area contributed by atoms with Crippen molar-refractivity contribution in [2.24, 2.45) is 0 Å². The Kier molecular flexibility index (Phi) is 6.69. The van der Waals surface area contributed by atoms with Crippen molar-refractivity contribution in [3.8, 4) is 33.9 Å². The molecule has 1 aliphatic carbocycles. The summed E-state index contributed by atoms with van der Waals surface area (Å²) in [6.45, 7) is 0. The van der Waals surface area contributed by atoms with Crippen LogP contribution in [-0.2, 0) is 0 Å². The Morgan fingerprint density at radius 2 is 1.07 bits per heavy atom. The van der Waals surface area contributed by atoms with Crippen LogP contribution in [0, 0.1) is 0 Å². The number of rotatable bonds is 5. The van der Waals surface area contributed by atoms with Crippen molar-refractivity contribution in [3.63, 3.8) is 0 Å². The van der Waals surface area contributed by atoms with Crippen molar-refractivity contribution >= 4 is 32.9 Å². The maximum absolute atomic E-state index is 14.2. The zero-order valence-electron chi connectivity index (χ0n) is 24.5. The van der Waals surface area contributed by atoms with Crippen molar-refractivity contribution in [1.82, 2.24) is 19.5 Å². The van der Waals surface area contributed by atoms with Crippen molar-refractivity contribution in [2.75, 3.05) is 0 Å². The van der Waals surface area contributed by atoms with E-state index in [-0.39, 0.29) is 5.56 Å². The molecule has 0 bridgehead atoms. The summed E-state index contributed by atoms with van der Waals surface area (Å²) in [5.41, 5.74) is 6.73. The number of hydrogen-bond donors (Lipinski definition) is 0. The summed E-state index contributed by atoms with van der Waals surface area (Å²) in [5, 5.41) is 2.67. The van der Waals surface area contributed by atoms with Crippen molar-refractivity contribution in [1.29, 1.82) is 0 Å². The van der Waals surface area contributed by atoms with Crippen molar-refractivity contribution < 1.29 is 0 Å². The van der Waals surface area contributed by atoms with Gasteiger partial charge in [-0.05, 0) is 59.2 Å². The van der Waals surface area contributed by atoms with Crippen LogP contribution in [0.4, 0.5) is 0 Å². The Balaban J connectivity index is 1.31. The van der Waals surface area contributed by atoms with E-state index in [4.69, 9.17) is 15.0 Å². The first-order valence-corrected chi connectivity index (χ1v) is 15.1. The molecule has 7 aromatic rings.